The minimum absolute atomic E-state index is 0.0853. The molecule has 0 aromatic rings. The molecule has 0 saturated heterocycles. The Kier molecular flexibility index (Phi) is 18.6. The molecule has 152 valence electrons. The van der Waals surface area contributed by atoms with Crippen molar-refractivity contribution in [3.8, 4) is 0 Å². The molecule has 0 atom stereocenters. The highest BCUT2D eigenvalue weighted by molar-refractivity contribution is 4.84. The highest BCUT2D eigenvalue weighted by atomic mass is 14.7. The largest absolute Gasteiger partial charge is 0.330 e. The average molecular weight is 355 g/mol. The van der Waals surface area contributed by atoms with Crippen LogP contribution in [-0.4, -0.2) is 12.1 Å². The van der Waals surface area contributed by atoms with Gasteiger partial charge in [-0.25, -0.2) is 0 Å². The lowest BCUT2D eigenvalue weighted by atomic mass is 9.83. The zero-order chi connectivity index (χ0) is 18.6. The number of rotatable bonds is 20. The van der Waals surface area contributed by atoms with Crippen molar-refractivity contribution < 1.29 is 0 Å². The van der Waals surface area contributed by atoms with E-state index in [1.165, 1.54) is 116 Å². The van der Waals surface area contributed by atoms with Gasteiger partial charge in [0, 0.05) is 5.54 Å². The smallest absolute Gasteiger partial charge is 0.0154 e. The van der Waals surface area contributed by atoms with Crippen LogP contribution in [0.4, 0.5) is 0 Å². The predicted octanol–water partition coefficient (Wildman–Crippen LogP) is 7.09. The van der Waals surface area contributed by atoms with Crippen LogP contribution in [0.2, 0.25) is 0 Å². The Morgan fingerprint density at radius 3 is 1.16 bits per heavy atom. The Bertz CT molecular complexity index is 234. The molecule has 25 heavy (non-hydrogen) atoms. The molecule has 0 aromatic carbocycles. The van der Waals surface area contributed by atoms with Gasteiger partial charge in [0.1, 0.15) is 0 Å². The number of nitrogens with two attached hydrogens (primary N) is 2. The molecule has 0 amide bonds. The molecule has 0 aliphatic heterocycles. The molecule has 2 nitrogen and oxygen atoms in total. The lowest BCUT2D eigenvalue weighted by molar-refractivity contribution is 0.305. The summed E-state index contributed by atoms with van der Waals surface area (Å²) < 4.78 is 0. The van der Waals surface area contributed by atoms with Gasteiger partial charge in [0.15, 0.2) is 0 Å². The van der Waals surface area contributed by atoms with Gasteiger partial charge >= 0.3 is 0 Å². The van der Waals surface area contributed by atoms with E-state index < -0.39 is 0 Å². The zero-order valence-electron chi connectivity index (χ0n) is 17.8. The molecule has 0 heterocycles. The third-order valence-electron chi connectivity index (χ3n) is 5.69. The average Bonchev–Trinajstić information content (AvgIpc) is 2.60. The van der Waals surface area contributed by atoms with E-state index in [0.717, 1.165) is 13.0 Å². The van der Waals surface area contributed by atoms with E-state index in [0.29, 0.717) is 0 Å². The molecule has 0 rings (SSSR count). The van der Waals surface area contributed by atoms with Gasteiger partial charge in [-0.05, 0) is 32.2 Å². The van der Waals surface area contributed by atoms with Crippen LogP contribution in [0.5, 0.6) is 0 Å². The SMILES string of the molecule is CCCCCCCCCC(N)(CCCCN)CCCCCCCCC. The fourth-order valence-corrected chi connectivity index (χ4v) is 3.86. The van der Waals surface area contributed by atoms with E-state index in [1.54, 1.807) is 0 Å². The number of hydrogen-bond acceptors (Lipinski definition) is 2. The monoisotopic (exact) mass is 354 g/mol. The van der Waals surface area contributed by atoms with Gasteiger partial charge in [0.05, 0.1) is 0 Å². The van der Waals surface area contributed by atoms with Crippen LogP contribution in [0.3, 0.4) is 0 Å². The van der Waals surface area contributed by atoms with Gasteiger partial charge in [-0.1, -0.05) is 110 Å². The summed E-state index contributed by atoms with van der Waals surface area (Å²) in [4.78, 5) is 0. The van der Waals surface area contributed by atoms with Crippen LogP contribution >= 0.6 is 0 Å². The molecule has 0 aliphatic carbocycles. The molecule has 0 aliphatic rings. The first kappa shape index (κ1) is 24.9. The van der Waals surface area contributed by atoms with Crippen molar-refractivity contribution in [1.82, 2.24) is 0 Å². The van der Waals surface area contributed by atoms with Crippen molar-refractivity contribution in [1.29, 1.82) is 0 Å². The fourth-order valence-electron chi connectivity index (χ4n) is 3.86. The summed E-state index contributed by atoms with van der Waals surface area (Å²) >= 11 is 0. The first-order valence-electron chi connectivity index (χ1n) is 11.7. The van der Waals surface area contributed by atoms with Crippen molar-refractivity contribution in [3.63, 3.8) is 0 Å². The lowest BCUT2D eigenvalue weighted by Crippen LogP contribution is -2.39. The summed E-state index contributed by atoms with van der Waals surface area (Å²) in [6.07, 6.45) is 25.3. The van der Waals surface area contributed by atoms with Crippen LogP contribution in [0.25, 0.3) is 0 Å². The van der Waals surface area contributed by atoms with Crippen LogP contribution in [0, 0.1) is 0 Å². The van der Waals surface area contributed by atoms with Crippen LogP contribution in [-0.2, 0) is 0 Å². The first-order chi connectivity index (χ1) is 12.2. The van der Waals surface area contributed by atoms with Gasteiger partial charge < -0.3 is 11.5 Å². The molecular formula is C23H50N2. The Balaban J connectivity index is 3.90. The molecule has 0 saturated carbocycles. The summed E-state index contributed by atoms with van der Waals surface area (Å²) in [5, 5.41) is 0. The van der Waals surface area contributed by atoms with Crippen molar-refractivity contribution in [2.24, 2.45) is 11.5 Å². The third-order valence-corrected chi connectivity index (χ3v) is 5.69. The molecule has 0 bridgehead atoms. The van der Waals surface area contributed by atoms with Crippen LogP contribution in [0.1, 0.15) is 136 Å². The third kappa shape index (κ3) is 17.1. The normalized spacial score (nSPS) is 12.0. The van der Waals surface area contributed by atoms with E-state index >= 15 is 0 Å². The molecule has 4 N–H and O–H groups in total. The van der Waals surface area contributed by atoms with Crippen molar-refractivity contribution in [2.75, 3.05) is 6.54 Å². The fraction of sp³-hybridized carbons (Fsp3) is 1.00. The Labute approximate surface area is 159 Å². The zero-order valence-corrected chi connectivity index (χ0v) is 17.8. The second-order valence-electron chi connectivity index (χ2n) is 8.35. The molecule has 0 spiro atoms. The first-order valence-corrected chi connectivity index (χ1v) is 11.7. The minimum Gasteiger partial charge on any atom is -0.330 e. The lowest BCUT2D eigenvalue weighted by Gasteiger charge is -2.30. The van der Waals surface area contributed by atoms with Gasteiger partial charge in [-0.3, -0.25) is 0 Å². The second kappa shape index (κ2) is 18.7. The quantitative estimate of drug-likeness (QED) is 0.229. The Morgan fingerprint density at radius 1 is 0.480 bits per heavy atom. The molecule has 0 unspecified atom stereocenters. The van der Waals surface area contributed by atoms with E-state index in [9.17, 15) is 0 Å². The van der Waals surface area contributed by atoms with Crippen molar-refractivity contribution in [3.05, 3.63) is 0 Å². The number of hydrogen-bond donors (Lipinski definition) is 2. The van der Waals surface area contributed by atoms with Gasteiger partial charge in [0.25, 0.3) is 0 Å². The number of unbranched alkanes of at least 4 members (excludes halogenated alkanes) is 13. The molecule has 0 aromatic heterocycles. The summed E-state index contributed by atoms with van der Waals surface area (Å²) in [6.45, 7) is 5.38. The topological polar surface area (TPSA) is 52.0 Å². The maximum absolute atomic E-state index is 6.82. The van der Waals surface area contributed by atoms with Gasteiger partial charge in [-0.2, -0.15) is 0 Å². The second-order valence-corrected chi connectivity index (χ2v) is 8.35. The Hall–Kier alpha value is -0.0800. The van der Waals surface area contributed by atoms with Crippen LogP contribution < -0.4 is 11.5 Å². The van der Waals surface area contributed by atoms with Crippen molar-refractivity contribution >= 4 is 0 Å². The van der Waals surface area contributed by atoms with E-state index in [4.69, 9.17) is 11.5 Å². The van der Waals surface area contributed by atoms with Crippen LogP contribution in [0.15, 0.2) is 0 Å². The Morgan fingerprint density at radius 2 is 0.800 bits per heavy atom. The van der Waals surface area contributed by atoms with E-state index in [2.05, 4.69) is 13.8 Å². The minimum atomic E-state index is 0.0853. The molecular weight excluding hydrogens is 304 g/mol. The maximum atomic E-state index is 6.82. The molecule has 0 fully saturated rings. The summed E-state index contributed by atoms with van der Waals surface area (Å²) in [6, 6.07) is 0. The predicted molar refractivity (Wildman–Crippen MR) is 115 cm³/mol. The maximum Gasteiger partial charge on any atom is 0.0154 e. The summed E-state index contributed by atoms with van der Waals surface area (Å²) in [7, 11) is 0. The van der Waals surface area contributed by atoms with E-state index in [1.807, 2.05) is 0 Å². The highest BCUT2D eigenvalue weighted by Crippen LogP contribution is 2.26. The molecule has 2 heteroatoms. The van der Waals surface area contributed by atoms with Crippen molar-refractivity contribution in [2.45, 2.75) is 141 Å². The van der Waals surface area contributed by atoms with Gasteiger partial charge in [-0.15, -0.1) is 0 Å². The van der Waals surface area contributed by atoms with Gasteiger partial charge in [0.2, 0.25) is 0 Å². The van der Waals surface area contributed by atoms with E-state index in [-0.39, 0.29) is 5.54 Å². The summed E-state index contributed by atoms with van der Waals surface area (Å²) in [5.74, 6) is 0. The molecule has 0 radical (unpaired) electrons. The highest BCUT2D eigenvalue weighted by Gasteiger charge is 2.23. The summed E-state index contributed by atoms with van der Waals surface area (Å²) in [5.41, 5.74) is 12.6. The standard InChI is InChI=1S/C23H50N2/c1-3-5-7-9-11-13-15-19-23(25,21-17-18-22-24)20-16-14-12-10-8-6-4-2/h3-22,24-25H2,1-2H3.